The SMILES string of the molecule is Cc1cc(Br)ccc1NC(=O)CNC(=O)Cn1cnc2sccc2c1=O. The van der Waals surface area contributed by atoms with Crippen LogP contribution in [0.25, 0.3) is 10.2 Å². The molecule has 2 N–H and O–H groups in total. The number of nitrogens with one attached hydrogen (secondary N) is 2. The lowest BCUT2D eigenvalue weighted by Gasteiger charge is -2.10. The summed E-state index contributed by atoms with van der Waals surface area (Å²) in [4.78, 5) is 41.0. The molecule has 0 radical (unpaired) electrons. The van der Waals surface area contributed by atoms with E-state index in [1.165, 1.54) is 22.2 Å². The third kappa shape index (κ3) is 4.17. The standard InChI is InChI=1S/C17H15BrN4O3S/c1-10-6-11(18)2-3-13(10)21-14(23)7-19-15(24)8-22-9-20-16-12(17(22)25)4-5-26-16/h2-6,9H,7-8H2,1H3,(H,19,24)(H,21,23). The van der Waals surface area contributed by atoms with Crippen LogP contribution in [0.1, 0.15) is 5.56 Å². The average molecular weight is 435 g/mol. The van der Waals surface area contributed by atoms with Crippen molar-refractivity contribution >= 4 is 55.0 Å². The van der Waals surface area contributed by atoms with Crippen molar-refractivity contribution in [2.45, 2.75) is 13.5 Å². The van der Waals surface area contributed by atoms with Gasteiger partial charge in [0.25, 0.3) is 5.56 Å². The van der Waals surface area contributed by atoms with Crippen LogP contribution in [0.15, 0.2) is 45.2 Å². The highest BCUT2D eigenvalue weighted by Crippen LogP contribution is 2.19. The van der Waals surface area contributed by atoms with Gasteiger partial charge in [-0.2, -0.15) is 0 Å². The van der Waals surface area contributed by atoms with Crippen molar-refractivity contribution in [3.8, 4) is 0 Å². The third-order valence-corrected chi connectivity index (χ3v) is 4.99. The Balaban J connectivity index is 1.57. The summed E-state index contributed by atoms with van der Waals surface area (Å²) in [5.41, 5.74) is 1.30. The summed E-state index contributed by atoms with van der Waals surface area (Å²) in [6.45, 7) is 1.50. The Bertz CT molecular complexity index is 1040. The lowest BCUT2D eigenvalue weighted by Crippen LogP contribution is -2.37. The maximum Gasteiger partial charge on any atom is 0.262 e. The summed E-state index contributed by atoms with van der Waals surface area (Å²) in [7, 11) is 0. The van der Waals surface area contributed by atoms with Crippen molar-refractivity contribution < 1.29 is 9.59 Å². The van der Waals surface area contributed by atoms with E-state index < -0.39 is 5.91 Å². The molecule has 9 heteroatoms. The van der Waals surface area contributed by atoms with Gasteiger partial charge in [-0.3, -0.25) is 19.0 Å². The first kappa shape index (κ1) is 18.3. The van der Waals surface area contributed by atoms with E-state index in [0.29, 0.717) is 15.9 Å². The second-order valence-corrected chi connectivity index (χ2v) is 7.41. The first-order valence-electron chi connectivity index (χ1n) is 7.69. The molecule has 26 heavy (non-hydrogen) atoms. The molecule has 3 rings (SSSR count). The minimum atomic E-state index is -0.439. The molecule has 0 unspecified atom stereocenters. The van der Waals surface area contributed by atoms with Crippen LogP contribution in [0.5, 0.6) is 0 Å². The molecule has 2 aromatic heterocycles. The molecule has 1 aromatic carbocycles. The number of aromatic nitrogens is 2. The zero-order valence-electron chi connectivity index (χ0n) is 13.8. The Labute approximate surface area is 161 Å². The van der Waals surface area contributed by atoms with Crippen LogP contribution in [0, 0.1) is 6.92 Å². The number of carbonyl (C=O) groups excluding carboxylic acids is 2. The Hall–Kier alpha value is -2.52. The van der Waals surface area contributed by atoms with Crippen molar-refractivity contribution in [1.29, 1.82) is 0 Å². The molecule has 134 valence electrons. The number of carbonyl (C=O) groups is 2. The van der Waals surface area contributed by atoms with E-state index in [1.54, 1.807) is 17.5 Å². The molecule has 0 aliphatic rings. The molecule has 0 spiro atoms. The van der Waals surface area contributed by atoms with Gasteiger partial charge in [0.05, 0.1) is 18.3 Å². The summed E-state index contributed by atoms with van der Waals surface area (Å²) in [6, 6.07) is 7.16. The van der Waals surface area contributed by atoms with Crippen LogP contribution in [0.2, 0.25) is 0 Å². The van der Waals surface area contributed by atoms with Gasteiger partial charge in [-0.1, -0.05) is 15.9 Å². The monoisotopic (exact) mass is 434 g/mol. The molecule has 0 saturated heterocycles. The van der Waals surface area contributed by atoms with Gasteiger partial charge in [0.2, 0.25) is 11.8 Å². The fraction of sp³-hybridized carbons (Fsp3) is 0.176. The zero-order chi connectivity index (χ0) is 18.7. The lowest BCUT2D eigenvalue weighted by molar-refractivity contribution is -0.124. The maximum absolute atomic E-state index is 12.2. The predicted molar refractivity (Wildman–Crippen MR) is 104 cm³/mol. The number of halogens is 1. The van der Waals surface area contributed by atoms with Gasteiger partial charge in [0.15, 0.2) is 0 Å². The van der Waals surface area contributed by atoms with Crippen LogP contribution in [0.4, 0.5) is 5.69 Å². The number of nitrogens with zero attached hydrogens (tertiary/aromatic N) is 2. The topological polar surface area (TPSA) is 93.1 Å². The number of hydrogen-bond acceptors (Lipinski definition) is 5. The average Bonchev–Trinajstić information content (AvgIpc) is 3.08. The summed E-state index contributed by atoms with van der Waals surface area (Å²) in [5, 5.41) is 7.50. The second-order valence-electron chi connectivity index (χ2n) is 5.60. The Kier molecular flexibility index (Phi) is 5.48. The molecule has 2 heterocycles. The first-order chi connectivity index (χ1) is 12.4. The highest BCUT2D eigenvalue weighted by atomic mass is 79.9. The molecule has 0 fully saturated rings. The molecule has 0 bridgehead atoms. The number of amides is 2. The van der Waals surface area contributed by atoms with E-state index >= 15 is 0 Å². The highest BCUT2D eigenvalue weighted by molar-refractivity contribution is 9.10. The Morgan fingerprint density at radius 1 is 1.27 bits per heavy atom. The predicted octanol–water partition coefficient (Wildman–Crippen LogP) is 2.28. The van der Waals surface area contributed by atoms with Crippen molar-refractivity contribution in [1.82, 2.24) is 14.9 Å². The molecule has 0 aliphatic carbocycles. The molecule has 0 saturated carbocycles. The molecular formula is C17H15BrN4O3S. The van der Waals surface area contributed by atoms with Crippen molar-refractivity contribution in [2.24, 2.45) is 0 Å². The molecule has 0 aliphatic heterocycles. The molecule has 2 amide bonds. The minimum Gasteiger partial charge on any atom is -0.345 e. The summed E-state index contributed by atoms with van der Waals surface area (Å²) >= 11 is 4.73. The number of rotatable bonds is 5. The largest absolute Gasteiger partial charge is 0.345 e. The van der Waals surface area contributed by atoms with Gasteiger partial charge in [-0.15, -0.1) is 11.3 Å². The van der Waals surface area contributed by atoms with Gasteiger partial charge in [-0.05, 0) is 42.1 Å². The van der Waals surface area contributed by atoms with Gasteiger partial charge in [0, 0.05) is 10.2 Å². The van der Waals surface area contributed by atoms with Gasteiger partial charge >= 0.3 is 0 Å². The van der Waals surface area contributed by atoms with E-state index in [2.05, 4.69) is 31.5 Å². The quantitative estimate of drug-likeness (QED) is 0.643. The van der Waals surface area contributed by atoms with E-state index in [-0.39, 0.29) is 24.6 Å². The minimum absolute atomic E-state index is 0.183. The van der Waals surface area contributed by atoms with Crippen LogP contribution >= 0.6 is 27.3 Å². The number of aryl methyl sites for hydroxylation is 1. The highest BCUT2D eigenvalue weighted by Gasteiger charge is 2.11. The number of benzene rings is 1. The Morgan fingerprint density at radius 2 is 2.08 bits per heavy atom. The molecule has 7 nitrogen and oxygen atoms in total. The lowest BCUT2D eigenvalue weighted by atomic mass is 10.2. The van der Waals surface area contributed by atoms with Crippen LogP contribution < -0.4 is 16.2 Å². The van der Waals surface area contributed by atoms with E-state index in [4.69, 9.17) is 0 Å². The van der Waals surface area contributed by atoms with Gasteiger partial charge in [0.1, 0.15) is 11.4 Å². The van der Waals surface area contributed by atoms with Gasteiger partial charge < -0.3 is 10.6 Å². The number of thiophene rings is 1. The molecule has 3 aromatic rings. The Morgan fingerprint density at radius 3 is 2.85 bits per heavy atom. The molecule has 0 atom stereocenters. The number of fused-ring (bicyclic) bond motifs is 1. The third-order valence-electron chi connectivity index (χ3n) is 3.67. The van der Waals surface area contributed by atoms with Crippen molar-refractivity contribution in [3.63, 3.8) is 0 Å². The van der Waals surface area contributed by atoms with Crippen molar-refractivity contribution in [3.05, 3.63) is 56.4 Å². The van der Waals surface area contributed by atoms with E-state index in [9.17, 15) is 14.4 Å². The van der Waals surface area contributed by atoms with E-state index in [0.717, 1.165) is 10.0 Å². The molecular weight excluding hydrogens is 420 g/mol. The van der Waals surface area contributed by atoms with Crippen LogP contribution in [-0.4, -0.2) is 27.9 Å². The smallest absolute Gasteiger partial charge is 0.262 e. The van der Waals surface area contributed by atoms with Crippen LogP contribution in [0.3, 0.4) is 0 Å². The number of hydrogen-bond donors (Lipinski definition) is 2. The fourth-order valence-electron chi connectivity index (χ4n) is 2.36. The normalized spacial score (nSPS) is 10.7. The second kappa shape index (κ2) is 7.79. The summed E-state index contributed by atoms with van der Waals surface area (Å²) < 4.78 is 2.14. The first-order valence-corrected chi connectivity index (χ1v) is 9.36. The maximum atomic E-state index is 12.2. The zero-order valence-corrected chi connectivity index (χ0v) is 16.2. The van der Waals surface area contributed by atoms with Crippen LogP contribution in [-0.2, 0) is 16.1 Å². The van der Waals surface area contributed by atoms with Gasteiger partial charge in [-0.25, -0.2) is 4.98 Å². The fourth-order valence-corrected chi connectivity index (χ4v) is 3.56. The summed E-state index contributed by atoms with van der Waals surface area (Å²) in [5.74, 6) is -0.784. The van der Waals surface area contributed by atoms with Crippen molar-refractivity contribution in [2.75, 3.05) is 11.9 Å². The van der Waals surface area contributed by atoms with E-state index in [1.807, 2.05) is 19.1 Å². The summed E-state index contributed by atoms with van der Waals surface area (Å²) in [6.07, 6.45) is 1.34. The number of anilines is 1.